The molecule has 23 heavy (non-hydrogen) atoms. The average molecular weight is 321 g/mol. The third-order valence-electron chi connectivity index (χ3n) is 3.83. The number of rotatable bonds is 2. The molecule has 1 unspecified atom stereocenters. The summed E-state index contributed by atoms with van der Waals surface area (Å²) in [4.78, 5) is 6.03. The van der Waals surface area contributed by atoms with Gasteiger partial charge >= 0.3 is 0 Å². The summed E-state index contributed by atoms with van der Waals surface area (Å²) in [6, 6.07) is 19.3. The molecule has 2 aromatic carbocycles. The van der Waals surface area contributed by atoms with Gasteiger partial charge in [-0.25, -0.2) is 0 Å². The molecule has 0 aliphatic carbocycles. The number of aromatic hydroxyl groups is 1. The molecule has 0 radical (unpaired) electrons. The van der Waals surface area contributed by atoms with Crippen LogP contribution in [0, 0.1) is 0 Å². The minimum atomic E-state index is 0.182. The molecule has 0 amide bonds. The second kappa shape index (κ2) is 5.97. The van der Waals surface area contributed by atoms with Crippen molar-refractivity contribution in [1.82, 2.24) is 0 Å². The summed E-state index contributed by atoms with van der Waals surface area (Å²) < 4.78 is 5.63. The first-order chi connectivity index (χ1) is 11.3. The van der Waals surface area contributed by atoms with Crippen LogP contribution in [-0.2, 0) is 0 Å². The fourth-order valence-electron chi connectivity index (χ4n) is 2.68. The van der Waals surface area contributed by atoms with Crippen LogP contribution in [0.25, 0.3) is 0 Å². The van der Waals surface area contributed by atoms with Crippen molar-refractivity contribution in [3.63, 3.8) is 0 Å². The van der Waals surface area contributed by atoms with Crippen LogP contribution >= 0.6 is 11.8 Å². The van der Waals surface area contributed by atoms with Crippen LogP contribution in [0.15, 0.2) is 81.2 Å². The standard InChI is InChI=1S/C19H15NO2S/c21-14-9-7-13(8-10-14)16-12-19(17-5-3-11-22-17)23-18-6-2-1-4-15(18)20-16/h1-11,19,21H,12H2. The Labute approximate surface area is 138 Å². The number of aliphatic imine (C=N–C) groups is 1. The number of benzene rings is 2. The van der Waals surface area contributed by atoms with Gasteiger partial charge in [-0.2, -0.15) is 0 Å². The lowest BCUT2D eigenvalue weighted by Crippen LogP contribution is -2.04. The summed E-state index contributed by atoms with van der Waals surface area (Å²) in [5.74, 6) is 1.22. The summed E-state index contributed by atoms with van der Waals surface area (Å²) in [5, 5.41) is 9.69. The monoisotopic (exact) mass is 321 g/mol. The van der Waals surface area contributed by atoms with Crippen molar-refractivity contribution in [2.24, 2.45) is 4.99 Å². The summed E-state index contributed by atoms with van der Waals surface area (Å²) >= 11 is 1.78. The van der Waals surface area contributed by atoms with E-state index >= 15 is 0 Å². The number of phenolic OH excluding ortho intramolecular Hbond substituents is 1. The Morgan fingerprint density at radius 2 is 1.83 bits per heavy atom. The number of furan rings is 1. The lowest BCUT2D eigenvalue weighted by molar-refractivity contribution is 0.475. The smallest absolute Gasteiger partial charge is 0.117 e. The van der Waals surface area contributed by atoms with E-state index in [1.54, 1.807) is 30.2 Å². The highest BCUT2D eigenvalue weighted by molar-refractivity contribution is 7.99. The SMILES string of the molecule is Oc1ccc(C2=Nc3ccccc3SC(c3ccco3)C2)cc1. The van der Waals surface area contributed by atoms with Crippen molar-refractivity contribution >= 4 is 23.2 Å². The van der Waals surface area contributed by atoms with Gasteiger partial charge in [0.25, 0.3) is 0 Å². The van der Waals surface area contributed by atoms with Gasteiger partial charge < -0.3 is 9.52 Å². The highest BCUT2D eigenvalue weighted by atomic mass is 32.2. The van der Waals surface area contributed by atoms with Crippen molar-refractivity contribution in [3.8, 4) is 5.75 Å². The summed E-state index contributed by atoms with van der Waals surface area (Å²) in [5.41, 5.74) is 3.01. The number of nitrogens with zero attached hydrogens (tertiary/aromatic N) is 1. The minimum absolute atomic E-state index is 0.182. The predicted molar refractivity (Wildman–Crippen MR) is 92.7 cm³/mol. The molecule has 0 fully saturated rings. The molecule has 3 nitrogen and oxygen atoms in total. The Balaban J connectivity index is 1.80. The van der Waals surface area contributed by atoms with Crippen LogP contribution in [0.3, 0.4) is 0 Å². The molecule has 1 atom stereocenters. The van der Waals surface area contributed by atoms with E-state index < -0.39 is 0 Å². The molecule has 2 heterocycles. The topological polar surface area (TPSA) is 45.7 Å². The first kappa shape index (κ1) is 14.2. The quantitative estimate of drug-likeness (QED) is 0.692. The zero-order valence-corrected chi connectivity index (χ0v) is 13.2. The molecule has 1 N–H and O–H groups in total. The maximum absolute atomic E-state index is 9.51. The van der Waals surface area contributed by atoms with E-state index in [2.05, 4.69) is 6.07 Å². The van der Waals surface area contributed by atoms with E-state index in [-0.39, 0.29) is 11.0 Å². The predicted octanol–water partition coefficient (Wildman–Crippen LogP) is 5.34. The van der Waals surface area contributed by atoms with Gasteiger partial charge in [-0.05, 0) is 54.1 Å². The van der Waals surface area contributed by atoms with Gasteiger partial charge in [-0.15, -0.1) is 11.8 Å². The first-order valence-electron chi connectivity index (χ1n) is 7.46. The van der Waals surface area contributed by atoms with Gasteiger partial charge in [0.2, 0.25) is 0 Å². The van der Waals surface area contributed by atoms with Crippen LogP contribution in [0.5, 0.6) is 5.75 Å². The number of para-hydroxylation sites is 1. The van der Waals surface area contributed by atoms with Gasteiger partial charge in [0.1, 0.15) is 11.5 Å². The highest BCUT2D eigenvalue weighted by Gasteiger charge is 2.24. The molecular formula is C19H15NO2S. The first-order valence-corrected chi connectivity index (χ1v) is 8.33. The van der Waals surface area contributed by atoms with Crippen LogP contribution in [0.2, 0.25) is 0 Å². The second-order valence-corrected chi connectivity index (χ2v) is 6.64. The van der Waals surface area contributed by atoms with Crippen molar-refractivity contribution in [3.05, 3.63) is 78.3 Å². The zero-order chi connectivity index (χ0) is 15.6. The fraction of sp³-hybridized carbons (Fsp3) is 0.105. The third-order valence-corrected chi connectivity index (χ3v) is 5.11. The Hall–Kier alpha value is -2.46. The maximum Gasteiger partial charge on any atom is 0.117 e. The number of hydrogen-bond donors (Lipinski definition) is 1. The van der Waals surface area contributed by atoms with E-state index in [0.717, 1.165) is 34.0 Å². The molecule has 114 valence electrons. The van der Waals surface area contributed by atoms with E-state index in [9.17, 15) is 5.11 Å². The van der Waals surface area contributed by atoms with Crippen molar-refractivity contribution < 1.29 is 9.52 Å². The van der Waals surface area contributed by atoms with Crippen LogP contribution < -0.4 is 0 Å². The molecule has 0 bridgehead atoms. The van der Waals surface area contributed by atoms with E-state index in [1.165, 1.54) is 0 Å². The number of phenols is 1. The molecule has 1 aliphatic rings. The van der Waals surface area contributed by atoms with Crippen LogP contribution in [0.1, 0.15) is 23.0 Å². The lowest BCUT2D eigenvalue weighted by atomic mass is 10.0. The number of thioether (sulfide) groups is 1. The third kappa shape index (κ3) is 2.90. The van der Waals surface area contributed by atoms with Gasteiger partial charge in [-0.1, -0.05) is 12.1 Å². The fourth-order valence-corrected chi connectivity index (χ4v) is 3.87. The van der Waals surface area contributed by atoms with Gasteiger partial charge in [0, 0.05) is 17.0 Å². The Bertz CT molecular complexity index is 838. The van der Waals surface area contributed by atoms with Crippen molar-refractivity contribution in [2.75, 3.05) is 0 Å². The zero-order valence-electron chi connectivity index (χ0n) is 12.3. The van der Waals surface area contributed by atoms with Crippen molar-refractivity contribution in [2.45, 2.75) is 16.6 Å². The van der Waals surface area contributed by atoms with Gasteiger partial charge in [0.15, 0.2) is 0 Å². The highest BCUT2D eigenvalue weighted by Crippen LogP contribution is 2.45. The Morgan fingerprint density at radius 3 is 2.61 bits per heavy atom. The Morgan fingerprint density at radius 1 is 1.00 bits per heavy atom. The second-order valence-electron chi connectivity index (χ2n) is 5.40. The molecule has 0 spiro atoms. The normalized spacial score (nSPS) is 17.2. The molecule has 1 aromatic heterocycles. The largest absolute Gasteiger partial charge is 0.508 e. The molecule has 4 heteroatoms. The van der Waals surface area contributed by atoms with Gasteiger partial charge in [0.05, 0.1) is 17.2 Å². The van der Waals surface area contributed by atoms with Crippen LogP contribution in [0.4, 0.5) is 5.69 Å². The van der Waals surface area contributed by atoms with E-state index in [1.807, 2.05) is 42.5 Å². The maximum atomic E-state index is 9.51. The summed E-state index contributed by atoms with van der Waals surface area (Å²) in [6.45, 7) is 0. The minimum Gasteiger partial charge on any atom is -0.508 e. The van der Waals surface area contributed by atoms with E-state index in [0.29, 0.717) is 0 Å². The molecule has 0 saturated carbocycles. The van der Waals surface area contributed by atoms with Crippen LogP contribution in [-0.4, -0.2) is 10.8 Å². The molecule has 1 aliphatic heterocycles. The lowest BCUT2D eigenvalue weighted by Gasteiger charge is -2.13. The number of fused-ring (bicyclic) bond motifs is 1. The number of hydrogen-bond acceptors (Lipinski definition) is 4. The van der Waals surface area contributed by atoms with Crippen molar-refractivity contribution in [1.29, 1.82) is 0 Å². The molecule has 4 rings (SSSR count). The molecule has 0 saturated heterocycles. The molecular weight excluding hydrogens is 306 g/mol. The van der Waals surface area contributed by atoms with Gasteiger partial charge in [-0.3, -0.25) is 4.99 Å². The summed E-state index contributed by atoms with van der Waals surface area (Å²) in [7, 11) is 0. The Kier molecular flexibility index (Phi) is 3.67. The van der Waals surface area contributed by atoms with E-state index in [4.69, 9.17) is 9.41 Å². The molecule has 3 aromatic rings. The average Bonchev–Trinajstić information content (AvgIpc) is 3.03. The summed E-state index contributed by atoms with van der Waals surface area (Å²) in [6.07, 6.45) is 2.49.